The molecule has 0 saturated carbocycles. The summed E-state index contributed by atoms with van der Waals surface area (Å²) in [7, 11) is 0. The number of aromatic nitrogens is 1. The molecule has 0 amide bonds. The SMILES string of the molecule is Cc1cc(=O)c(-c2ccccn2)c(C)o1. The quantitative estimate of drug-likeness (QED) is 0.711. The van der Waals surface area contributed by atoms with Crippen molar-refractivity contribution in [2.75, 3.05) is 0 Å². The van der Waals surface area contributed by atoms with Crippen LogP contribution in [0, 0.1) is 13.8 Å². The van der Waals surface area contributed by atoms with Crippen LogP contribution < -0.4 is 5.43 Å². The molecule has 0 fully saturated rings. The molecule has 2 aromatic heterocycles. The average Bonchev–Trinajstić information content (AvgIpc) is 2.17. The van der Waals surface area contributed by atoms with E-state index in [0.717, 1.165) is 0 Å². The Hall–Kier alpha value is -1.90. The van der Waals surface area contributed by atoms with E-state index in [1.807, 2.05) is 12.1 Å². The summed E-state index contributed by atoms with van der Waals surface area (Å²) in [4.78, 5) is 15.9. The first-order valence-electron chi connectivity index (χ1n) is 4.71. The predicted octanol–water partition coefficient (Wildman–Crippen LogP) is 2.32. The fraction of sp³-hybridized carbons (Fsp3) is 0.167. The third-order valence-electron chi connectivity index (χ3n) is 2.17. The minimum absolute atomic E-state index is 0.0463. The normalized spacial score (nSPS) is 10.3. The average molecular weight is 201 g/mol. The Kier molecular flexibility index (Phi) is 2.37. The zero-order chi connectivity index (χ0) is 10.8. The largest absolute Gasteiger partial charge is 0.466 e. The molecule has 0 unspecified atom stereocenters. The Bertz CT molecular complexity index is 529. The van der Waals surface area contributed by atoms with Gasteiger partial charge in [-0.1, -0.05) is 6.07 Å². The van der Waals surface area contributed by atoms with Gasteiger partial charge in [-0.2, -0.15) is 0 Å². The van der Waals surface area contributed by atoms with Gasteiger partial charge in [-0.3, -0.25) is 9.78 Å². The molecule has 0 radical (unpaired) electrons. The fourth-order valence-electron chi connectivity index (χ4n) is 1.57. The Labute approximate surface area is 87.4 Å². The van der Waals surface area contributed by atoms with Crippen LogP contribution in [0.3, 0.4) is 0 Å². The van der Waals surface area contributed by atoms with Gasteiger partial charge in [-0.15, -0.1) is 0 Å². The predicted molar refractivity (Wildman–Crippen MR) is 57.7 cm³/mol. The Morgan fingerprint density at radius 1 is 1.27 bits per heavy atom. The lowest BCUT2D eigenvalue weighted by Crippen LogP contribution is -2.06. The highest BCUT2D eigenvalue weighted by Gasteiger charge is 2.09. The smallest absolute Gasteiger partial charge is 0.194 e. The van der Waals surface area contributed by atoms with Crippen LogP contribution in [0.25, 0.3) is 11.3 Å². The topological polar surface area (TPSA) is 43.1 Å². The molecule has 0 aliphatic carbocycles. The maximum atomic E-state index is 11.8. The molecule has 76 valence electrons. The van der Waals surface area contributed by atoms with E-state index >= 15 is 0 Å². The summed E-state index contributed by atoms with van der Waals surface area (Å²) in [6.45, 7) is 3.54. The molecule has 0 saturated heterocycles. The van der Waals surface area contributed by atoms with Gasteiger partial charge in [0.2, 0.25) is 0 Å². The van der Waals surface area contributed by atoms with Crippen LogP contribution in [-0.2, 0) is 0 Å². The van der Waals surface area contributed by atoms with Crippen molar-refractivity contribution in [2.45, 2.75) is 13.8 Å². The number of hydrogen-bond acceptors (Lipinski definition) is 3. The Morgan fingerprint density at radius 2 is 2.07 bits per heavy atom. The molecule has 0 spiro atoms. The highest BCUT2D eigenvalue weighted by Crippen LogP contribution is 2.17. The highest BCUT2D eigenvalue weighted by molar-refractivity contribution is 5.60. The number of rotatable bonds is 1. The van der Waals surface area contributed by atoms with E-state index in [1.165, 1.54) is 6.07 Å². The monoisotopic (exact) mass is 201 g/mol. The lowest BCUT2D eigenvalue weighted by atomic mass is 10.1. The van der Waals surface area contributed by atoms with Crippen LogP contribution in [0.15, 0.2) is 39.7 Å². The van der Waals surface area contributed by atoms with Crippen LogP contribution in [0.4, 0.5) is 0 Å². The third-order valence-corrected chi connectivity index (χ3v) is 2.17. The Balaban J connectivity index is 2.69. The first-order chi connectivity index (χ1) is 7.18. The van der Waals surface area contributed by atoms with Crippen molar-refractivity contribution in [2.24, 2.45) is 0 Å². The van der Waals surface area contributed by atoms with Crippen LogP contribution >= 0.6 is 0 Å². The molecule has 3 nitrogen and oxygen atoms in total. The van der Waals surface area contributed by atoms with Gasteiger partial charge in [-0.25, -0.2) is 0 Å². The highest BCUT2D eigenvalue weighted by atomic mass is 16.3. The lowest BCUT2D eigenvalue weighted by Gasteiger charge is -2.03. The number of hydrogen-bond donors (Lipinski definition) is 0. The summed E-state index contributed by atoms with van der Waals surface area (Å²) >= 11 is 0. The molecule has 15 heavy (non-hydrogen) atoms. The molecule has 2 heterocycles. The van der Waals surface area contributed by atoms with Crippen molar-refractivity contribution in [3.05, 3.63) is 52.2 Å². The maximum Gasteiger partial charge on any atom is 0.194 e. The van der Waals surface area contributed by atoms with Crippen molar-refractivity contribution in [3.63, 3.8) is 0 Å². The first-order valence-corrected chi connectivity index (χ1v) is 4.71. The van der Waals surface area contributed by atoms with Crippen molar-refractivity contribution < 1.29 is 4.42 Å². The molecule has 2 rings (SSSR count). The summed E-state index contributed by atoms with van der Waals surface area (Å²) in [6.07, 6.45) is 1.66. The summed E-state index contributed by atoms with van der Waals surface area (Å²) in [6, 6.07) is 6.95. The standard InChI is InChI=1S/C12H11NO2/c1-8-7-11(14)12(9(2)15-8)10-5-3-4-6-13-10/h3-7H,1-2H3. The fourth-order valence-corrected chi connectivity index (χ4v) is 1.57. The van der Waals surface area contributed by atoms with Crippen LogP contribution in [0.5, 0.6) is 0 Å². The van der Waals surface area contributed by atoms with Crippen LogP contribution in [0.1, 0.15) is 11.5 Å². The summed E-state index contributed by atoms with van der Waals surface area (Å²) in [5, 5.41) is 0. The van der Waals surface area contributed by atoms with E-state index < -0.39 is 0 Å². The van der Waals surface area contributed by atoms with Gasteiger partial charge in [0.25, 0.3) is 0 Å². The van der Waals surface area contributed by atoms with E-state index in [9.17, 15) is 4.79 Å². The minimum Gasteiger partial charge on any atom is -0.466 e. The molecule has 2 aromatic rings. The van der Waals surface area contributed by atoms with Gasteiger partial charge >= 0.3 is 0 Å². The molecule has 0 N–H and O–H groups in total. The summed E-state index contributed by atoms with van der Waals surface area (Å²) < 4.78 is 5.40. The molecule has 0 aliphatic rings. The van der Waals surface area contributed by atoms with E-state index in [4.69, 9.17) is 4.42 Å². The first kappa shape index (κ1) is 9.65. The zero-order valence-electron chi connectivity index (χ0n) is 8.65. The van der Waals surface area contributed by atoms with Crippen molar-refractivity contribution in [1.29, 1.82) is 0 Å². The third kappa shape index (κ3) is 1.81. The van der Waals surface area contributed by atoms with E-state index in [-0.39, 0.29) is 5.43 Å². The maximum absolute atomic E-state index is 11.8. The van der Waals surface area contributed by atoms with E-state index in [0.29, 0.717) is 22.8 Å². The molecular formula is C12H11NO2. The van der Waals surface area contributed by atoms with Gasteiger partial charge in [-0.05, 0) is 26.0 Å². The lowest BCUT2D eigenvalue weighted by molar-refractivity contribution is 0.486. The van der Waals surface area contributed by atoms with Gasteiger partial charge in [0.1, 0.15) is 11.5 Å². The van der Waals surface area contributed by atoms with Gasteiger partial charge in [0.05, 0.1) is 11.3 Å². The van der Waals surface area contributed by atoms with Gasteiger partial charge in [0.15, 0.2) is 5.43 Å². The number of pyridine rings is 1. The molecule has 0 aliphatic heterocycles. The summed E-state index contributed by atoms with van der Waals surface area (Å²) in [5.74, 6) is 1.23. The second-order valence-corrected chi connectivity index (χ2v) is 3.37. The summed E-state index contributed by atoms with van der Waals surface area (Å²) in [5.41, 5.74) is 1.15. The molecular weight excluding hydrogens is 190 g/mol. The van der Waals surface area contributed by atoms with E-state index in [1.54, 1.807) is 26.1 Å². The second-order valence-electron chi connectivity index (χ2n) is 3.37. The van der Waals surface area contributed by atoms with Crippen LogP contribution in [-0.4, -0.2) is 4.98 Å². The zero-order valence-corrected chi connectivity index (χ0v) is 8.65. The molecule has 0 bridgehead atoms. The molecule has 3 heteroatoms. The molecule has 0 aromatic carbocycles. The van der Waals surface area contributed by atoms with Crippen molar-refractivity contribution in [3.8, 4) is 11.3 Å². The molecule has 0 atom stereocenters. The minimum atomic E-state index is -0.0463. The number of aryl methyl sites for hydroxylation is 2. The Morgan fingerprint density at radius 3 is 2.67 bits per heavy atom. The van der Waals surface area contributed by atoms with Crippen molar-refractivity contribution >= 4 is 0 Å². The van der Waals surface area contributed by atoms with Gasteiger partial charge < -0.3 is 4.42 Å². The number of nitrogens with zero attached hydrogens (tertiary/aromatic N) is 1. The second kappa shape index (κ2) is 3.69. The van der Waals surface area contributed by atoms with Gasteiger partial charge in [0, 0.05) is 12.3 Å². The van der Waals surface area contributed by atoms with Crippen LogP contribution in [0.2, 0.25) is 0 Å². The van der Waals surface area contributed by atoms with E-state index in [2.05, 4.69) is 4.98 Å². The van der Waals surface area contributed by atoms with Crippen molar-refractivity contribution in [1.82, 2.24) is 4.98 Å².